The van der Waals surface area contributed by atoms with Gasteiger partial charge in [0.15, 0.2) is 0 Å². The van der Waals surface area contributed by atoms with Crippen LogP contribution in [-0.2, 0) is 0 Å². The number of rotatable bonds is 3. The number of aromatic nitrogens is 2. The fraction of sp³-hybridized carbons (Fsp3) is 0.692. The molecule has 1 atom stereocenters. The zero-order valence-corrected chi connectivity index (χ0v) is 11.8. The highest BCUT2D eigenvalue weighted by atomic mass is 15.2. The minimum Gasteiger partial charge on any atom is -0.373 e. The highest BCUT2D eigenvalue weighted by Crippen LogP contribution is 2.25. The Kier molecular flexibility index (Phi) is 4.01. The van der Waals surface area contributed by atoms with Crippen LogP contribution >= 0.6 is 0 Å². The average molecular weight is 249 g/mol. The van der Waals surface area contributed by atoms with E-state index < -0.39 is 0 Å². The first kappa shape index (κ1) is 13.1. The number of hydrogen-bond acceptors (Lipinski definition) is 5. The lowest BCUT2D eigenvalue weighted by atomic mass is 10.0. The first-order chi connectivity index (χ1) is 8.63. The summed E-state index contributed by atoms with van der Waals surface area (Å²) >= 11 is 0. The second-order valence-corrected chi connectivity index (χ2v) is 5.09. The molecule has 1 fully saturated rings. The van der Waals surface area contributed by atoms with Gasteiger partial charge in [0.2, 0.25) is 0 Å². The summed E-state index contributed by atoms with van der Waals surface area (Å²) in [4.78, 5) is 13.4. The Bertz CT molecular complexity index is 406. The maximum absolute atomic E-state index is 4.44. The van der Waals surface area contributed by atoms with Gasteiger partial charge in [0.25, 0.3) is 0 Å². The van der Waals surface area contributed by atoms with Crippen molar-refractivity contribution in [1.29, 1.82) is 0 Å². The molecular formula is C13H23N5. The summed E-state index contributed by atoms with van der Waals surface area (Å²) in [6.45, 7) is 4.38. The minimum atomic E-state index is 0.544. The van der Waals surface area contributed by atoms with Crippen molar-refractivity contribution < 1.29 is 0 Å². The third-order valence-electron chi connectivity index (χ3n) is 3.78. The van der Waals surface area contributed by atoms with Gasteiger partial charge in [-0.3, -0.25) is 0 Å². The molecule has 0 aliphatic carbocycles. The van der Waals surface area contributed by atoms with Crippen molar-refractivity contribution in [2.24, 2.45) is 0 Å². The van der Waals surface area contributed by atoms with Gasteiger partial charge in [-0.2, -0.15) is 0 Å². The molecule has 100 valence electrons. The highest BCUT2D eigenvalue weighted by molar-refractivity contribution is 5.57. The third kappa shape index (κ3) is 2.56. The molecule has 0 radical (unpaired) electrons. The minimum absolute atomic E-state index is 0.544. The van der Waals surface area contributed by atoms with Gasteiger partial charge in [0, 0.05) is 32.2 Å². The Morgan fingerprint density at radius 2 is 2.22 bits per heavy atom. The molecule has 0 amide bonds. The van der Waals surface area contributed by atoms with Crippen LogP contribution in [0.5, 0.6) is 0 Å². The van der Waals surface area contributed by atoms with Crippen LogP contribution in [0.3, 0.4) is 0 Å². The first-order valence-corrected chi connectivity index (χ1v) is 6.54. The summed E-state index contributed by atoms with van der Waals surface area (Å²) in [6.07, 6.45) is 4.13. The lowest BCUT2D eigenvalue weighted by Crippen LogP contribution is -2.45. The summed E-state index contributed by atoms with van der Waals surface area (Å²) in [7, 11) is 6.22. The maximum atomic E-state index is 4.44. The number of hydrogen-bond donors (Lipinski definition) is 1. The van der Waals surface area contributed by atoms with Gasteiger partial charge in [-0.25, -0.2) is 9.97 Å². The van der Waals surface area contributed by atoms with Gasteiger partial charge >= 0.3 is 0 Å². The fourth-order valence-electron chi connectivity index (χ4n) is 2.68. The number of nitrogens with zero attached hydrogens (tertiary/aromatic N) is 4. The predicted molar refractivity (Wildman–Crippen MR) is 75.2 cm³/mol. The van der Waals surface area contributed by atoms with E-state index in [4.69, 9.17) is 0 Å². The largest absolute Gasteiger partial charge is 0.373 e. The van der Waals surface area contributed by atoms with Crippen molar-refractivity contribution in [3.8, 4) is 0 Å². The van der Waals surface area contributed by atoms with Gasteiger partial charge in [0.05, 0.1) is 0 Å². The summed E-state index contributed by atoms with van der Waals surface area (Å²) in [5.41, 5.74) is 1.12. The number of anilines is 2. The molecule has 5 heteroatoms. The third-order valence-corrected chi connectivity index (χ3v) is 3.78. The van der Waals surface area contributed by atoms with Crippen molar-refractivity contribution in [1.82, 2.24) is 14.9 Å². The van der Waals surface area contributed by atoms with Crippen molar-refractivity contribution >= 4 is 11.6 Å². The van der Waals surface area contributed by atoms with E-state index in [-0.39, 0.29) is 0 Å². The van der Waals surface area contributed by atoms with Gasteiger partial charge in [-0.1, -0.05) is 0 Å². The van der Waals surface area contributed by atoms with Gasteiger partial charge in [0.1, 0.15) is 18.0 Å². The predicted octanol–water partition coefficient (Wildman–Crippen LogP) is 1.36. The number of likely N-dealkylation sites (N-methyl/N-ethyl adjacent to an activating group) is 2. The van der Waals surface area contributed by atoms with Crippen molar-refractivity contribution in [3.63, 3.8) is 0 Å². The van der Waals surface area contributed by atoms with Gasteiger partial charge in [-0.15, -0.1) is 0 Å². The zero-order chi connectivity index (χ0) is 13.1. The second-order valence-electron chi connectivity index (χ2n) is 5.09. The molecule has 1 aliphatic heterocycles. The Hall–Kier alpha value is -1.36. The van der Waals surface area contributed by atoms with Crippen LogP contribution in [0.4, 0.5) is 11.6 Å². The zero-order valence-electron chi connectivity index (χ0n) is 11.8. The molecule has 1 unspecified atom stereocenters. The molecule has 0 aromatic carbocycles. The van der Waals surface area contributed by atoms with E-state index in [9.17, 15) is 0 Å². The van der Waals surface area contributed by atoms with Crippen molar-refractivity contribution in [2.75, 3.05) is 44.4 Å². The van der Waals surface area contributed by atoms with Crippen molar-refractivity contribution in [3.05, 3.63) is 11.9 Å². The number of piperidine rings is 1. The number of likely N-dealkylation sites (tertiary alicyclic amines) is 1. The standard InChI is InChI=1S/C13H23N5/c1-10-12(14-2)15-9-16-13(10)18(4)11-6-5-7-17(3)8-11/h9,11H,5-8H2,1-4H3,(H,14,15,16). The van der Waals surface area contributed by atoms with Crippen LogP contribution in [0.15, 0.2) is 6.33 Å². The summed E-state index contributed by atoms with van der Waals surface area (Å²) in [5, 5.41) is 3.11. The molecule has 0 spiro atoms. The highest BCUT2D eigenvalue weighted by Gasteiger charge is 2.23. The normalized spacial score (nSPS) is 20.8. The van der Waals surface area contributed by atoms with Crippen molar-refractivity contribution in [2.45, 2.75) is 25.8 Å². The number of nitrogens with one attached hydrogen (secondary N) is 1. The van der Waals surface area contributed by atoms with E-state index in [0.717, 1.165) is 23.7 Å². The molecule has 0 saturated carbocycles. The quantitative estimate of drug-likeness (QED) is 0.876. The van der Waals surface area contributed by atoms with Crippen LogP contribution in [0.2, 0.25) is 0 Å². The molecule has 1 N–H and O–H groups in total. The second kappa shape index (κ2) is 5.52. The SMILES string of the molecule is CNc1ncnc(N(C)C2CCCN(C)C2)c1C. The molecule has 0 bridgehead atoms. The van der Waals surface area contributed by atoms with E-state index in [1.54, 1.807) is 6.33 Å². The lowest BCUT2D eigenvalue weighted by molar-refractivity contribution is 0.247. The fourth-order valence-corrected chi connectivity index (χ4v) is 2.68. The molecule has 1 aliphatic rings. The molecular weight excluding hydrogens is 226 g/mol. The Morgan fingerprint density at radius 3 is 2.89 bits per heavy atom. The molecule has 5 nitrogen and oxygen atoms in total. The molecule has 1 aromatic heterocycles. The lowest BCUT2D eigenvalue weighted by Gasteiger charge is -2.37. The Labute approximate surface area is 109 Å². The topological polar surface area (TPSA) is 44.3 Å². The molecule has 1 saturated heterocycles. The van der Waals surface area contributed by atoms with E-state index in [0.29, 0.717) is 6.04 Å². The van der Waals surface area contributed by atoms with E-state index in [1.165, 1.54) is 19.4 Å². The summed E-state index contributed by atoms with van der Waals surface area (Å²) < 4.78 is 0. The van der Waals surface area contributed by atoms with E-state index >= 15 is 0 Å². The maximum Gasteiger partial charge on any atom is 0.137 e. The van der Waals surface area contributed by atoms with Crippen LogP contribution in [-0.4, -0.2) is 55.1 Å². The monoisotopic (exact) mass is 249 g/mol. The molecule has 2 rings (SSSR count). The van der Waals surface area contributed by atoms with Crippen LogP contribution in [0, 0.1) is 6.92 Å². The first-order valence-electron chi connectivity index (χ1n) is 6.54. The Morgan fingerprint density at radius 1 is 1.44 bits per heavy atom. The smallest absolute Gasteiger partial charge is 0.137 e. The van der Waals surface area contributed by atoms with Crippen LogP contribution in [0.1, 0.15) is 18.4 Å². The summed E-state index contributed by atoms with van der Waals surface area (Å²) in [6, 6.07) is 0.544. The molecule has 2 heterocycles. The van der Waals surface area contributed by atoms with Gasteiger partial charge < -0.3 is 15.1 Å². The molecule has 1 aromatic rings. The van der Waals surface area contributed by atoms with Crippen LogP contribution < -0.4 is 10.2 Å². The average Bonchev–Trinajstić information content (AvgIpc) is 2.38. The van der Waals surface area contributed by atoms with Gasteiger partial charge in [-0.05, 0) is 33.4 Å². The van der Waals surface area contributed by atoms with Crippen LogP contribution in [0.25, 0.3) is 0 Å². The van der Waals surface area contributed by atoms with E-state index in [2.05, 4.69) is 46.1 Å². The molecule has 18 heavy (non-hydrogen) atoms. The van der Waals surface area contributed by atoms with E-state index in [1.807, 2.05) is 7.05 Å². The summed E-state index contributed by atoms with van der Waals surface area (Å²) in [5.74, 6) is 1.95. The Balaban J connectivity index is 2.20.